The van der Waals surface area contributed by atoms with Gasteiger partial charge in [-0.15, -0.1) is 0 Å². The molecule has 0 bridgehead atoms. The number of nitrogens with zero attached hydrogens (tertiary/aromatic N) is 2. The summed E-state index contributed by atoms with van der Waals surface area (Å²) in [5, 5.41) is 10.2. The third kappa shape index (κ3) is 3.24. The van der Waals surface area contributed by atoms with Crippen molar-refractivity contribution in [3.05, 3.63) is 53.3 Å². The van der Waals surface area contributed by atoms with Crippen LogP contribution in [0, 0.1) is 0 Å². The zero-order valence-electron chi connectivity index (χ0n) is 12.1. The maximum absolute atomic E-state index is 11.4. The maximum Gasteiger partial charge on any atom is 0.251 e. The average Bonchev–Trinajstić information content (AvgIpc) is 2.90. The molecule has 1 aromatic carbocycles. The van der Waals surface area contributed by atoms with E-state index in [-0.39, 0.29) is 11.9 Å². The molecular formula is C15H20N4O. The summed E-state index contributed by atoms with van der Waals surface area (Å²) in [5.41, 5.74) is 2.97. The zero-order chi connectivity index (χ0) is 14.5. The Morgan fingerprint density at radius 1 is 1.30 bits per heavy atom. The van der Waals surface area contributed by atoms with E-state index in [2.05, 4.69) is 22.7 Å². The minimum Gasteiger partial charge on any atom is -0.355 e. The normalized spacial score (nSPS) is 12.2. The van der Waals surface area contributed by atoms with Crippen molar-refractivity contribution in [3.8, 4) is 0 Å². The summed E-state index contributed by atoms with van der Waals surface area (Å²) >= 11 is 0. The van der Waals surface area contributed by atoms with Crippen LogP contribution in [0.4, 0.5) is 0 Å². The van der Waals surface area contributed by atoms with Gasteiger partial charge in [0.1, 0.15) is 0 Å². The molecule has 0 saturated carbocycles. The van der Waals surface area contributed by atoms with Crippen LogP contribution in [0.2, 0.25) is 0 Å². The molecule has 1 unspecified atom stereocenters. The molecule has 0 spiro atoms. The van der Waals surface area contributed by atoms with Crippen molar-refractivity contribution in [2.75, 3.05) is 7.05 Å². The molecule has 0 saturated heterocycles. The highest BCUT2D eigenvalue weighted by Gasteiger charge is 2.08. The molecule has 1 aromatic heterocycles. The summed E-state index contributed by atoms with van der Waals surface area (Å²) in [4.78, 5) is 11.4. The number of aromatic nitrogens is 2. The summed E-state index contributed by atoms with van der Waals surface area (Å²) in [6.45, 7) is 2.86. The lowest BCUT2D eigenvalue weighted by Gasteiger charge is -2.14. The topological polar surface area (TPSA) is 59.0 Å². The standard InChI is InChI=1S/C15H20N4O/c1-11(14-8-9-18-19(14)3)17-10-12-4-6-13(7-5-12)15(20)16-2/h4-9,11,17H,10H2,1-3H3,(H,16,20). The fraction of sp³-hybridized carbons (Fsp3) is 0.333. The number of aryl methyl sites for hydroxylation is 1. The van der Waals surface area contributed by atoms with Gasteiger partial charge in [-0.2, -0.15) is 5.10 Å². The molecule has 2 rings (SSSR count). The second kappa shape index (κ2) is 6.34. The SMILES string of the molecule is CNC(=O)c1ccc(CNC(C)c2ccnn2C)cc1. The van der Waals surface area contributed by atoms with Crippen LogP contribution < -0.4 is 10.6 Å². The van der Waals surface area contributed by atoms with Gasteiger partial charge in [-0.1, -0.05) is 12.1 Å². The van der Waals surface area contributed by atoms with Gasteiger partial charge in [-0.05, 0) is 30.7 Å². The van der Waals surface area contributed by atoms with E-state index in [0.29, 0.717) is 5.56 Å². The Bertz CT molecular complexity index is 574. The number of hydrogen-bond donors (Lipinski definition) is 2. The predicted molar refractivity (Wildman–Crippen MR) is 78.3 cm³/mol. The predicted octanol–water partition coefficient (Wildman–Crippen LogP) is 1.63. The first-order valence-corrected chi connectivity index (χ1v) is 6.64. The van der Waals surface area contributed by atoms with Crippen molar-refractivity contribution in [1.29, 1.82) is 0 Å². The second-order valence-electron chi connectivity index (χ2n) is 4.76. The van der Waals surface area contributed by atoms with E-state index in [1.54, 1.807) is 13.2 Å². The number of hydrogen-bond acceptors (Lipinski definition) is 3. The highest BCUT2D eigenvalue weighted by molar-refractivity contribution is 5.93. The van der Waals surface area contributed by atoms with Gasteiger partial charge < -0.3 is 10.6 Å². The van der Waals surface area contributed by atoms with Crippen LogP contribution in [0.25, 0.3) is 0 Å². The van der Waals surface area contributed by atoms with Crippen LogP contribution in [0.1, 0.15) is 34.6 Å². The van der Waals surface area contributed by atoms with Crippen molar-refractivity contribution in [2.45, 2.75) is 19.5 Å². The first kappa shape index (κ1) is 14.3. The third-order valence-electron chi connectivity index (χ3n) is 3.36. The monoisotopic (exact) mass is 272 g/mol. The van der Waals surface area contributed by atoms with E-state index in [4.69, 9.17) is 0 Å². The fourth-order valence-electron chi connectivity index (χ4n) is 2.10. The van der Waals surface area contributed by atoms with E-state index in [1.165, 1.54) is 0 Å². The smallest absolute Gasteiger partial charge is 0.251 e. The summed E-state index contributed by atoms with van der Waals surface area (Å²) in [6, 6.07) is 9.84. The Kier molecular flexibility index (Phi) is 4.53. The van der Waals surface area contributed by atoms with Gasteiger partial charge in [-0.3, -0.25) is 9.48 Å². The zero-order valence-corrected chi connectivity index (χ0v) is 12.1. The van der Waals surface area contributed by atoms with Crippen molar-refractivity contribution < 1.29 is 4.79 Å². The van der Waals surface area contributed by atoms with Gasteiger partial charge in [0.25, 0.3) is 5.91 Å². The molecule has 0 fully saturated rings. The summed E-state index contributed by atoms with van der Waals surface area (Å²) in [7, 11) is 3.57. The number of carbonyl (C=O) groups is 1. The maximum atomic E-state index is 11.4. The minimum absolute atomic E-state index is 0.0623. The van der Waals surface area contributed by atoms with Gasteiger partial charge in [0, 0.05) is 38.4 Å². The molecule has 5 nitrogen and oxygen atoms in total. The lowest BCUT2D eigenvalue weighted by atomic mass is 10.1. The van der Waals surface area contributed by atoms with Crippen LogP contribution in [-0.4, -0.2) is 22.7 Å². The van der Waals surface area contributed by atoms with Crippen LogP contribution in [0.15, 0.2) is 36.5 Å². The Hall–Kier alpha value is -2.14. The molecule has 0 aliphatic rings. The summed E-state index contributed by atoms with van der Waals surface area (Å²) < 4.78 is 1.87. The van der Waals surface area contributed by atoms with E-state index in [1.807, 2.05) is 42.1 Å². The Morgan fingerprint density at radius 3 is 2.55 bits per heavy atom. The average molecular weight is 272 g/mol. The van der Waals surface area contributed by atoms with Crippen LogP contribution >= 0.6 is 0 Å². The first-order valence-electron chi connectivity index (χ1n) is 6.64. The van der Waals surface area contributed by atoms with Gasteiger partial charge in [-0.25, -0.2) is 0 Å². The highest BCUT2D eigenvalue weighted by atomic mass is 16.1. The second-order valence-corrected chi connectivity index (χ2v) is 4.76. The van der Waals surface area contributed by atoms with Crippen molar-refractivity contribution in [3.63, 3.8) is 0 Å². The van der Waals surface area contributed by atoms with E-state index in [9.17, 15) is 4.79 Å². The first-order chi connectivity index (χ1) is 9.61. The Morgan fingerprint density at radius 2 is 2.00 bits per heavy atom. The highest BCUT2D eigenvalue weighted by Crippen LogP contribution is 2.12. The fourth-order valence-corrected chi connectivity index (χ4v) is 2.10. The van der Waals surface area contributed by atoms with E-state index < -0.39 is 0 Å². The van der Waals surface area contributed by atoms with Crippen LogP contribution in [0.3, 0.4) is 0 Å². The Labute approximate surface area is 119 Å². The molecule has 2 N–H and O–H groups in total. The molecule has 2 aromatic rings. The molecule has 20 heavy (non-hydrogen) atoms. The lowest BCUT2D eigenvalue weighted by Crippen LogP contribution is -2.21. The van der Waals surface area contributed by atoms with Gasteiger partial charge in [0.2, 0.25) is 0 Å². The number of carbonyl (C=O) groups excluding carboxylic acids is 1. The summed E-state index contributed by atoms with van der Waals surface area (Å²) in [5.74, 6) is -0.0623. The number of rotatable bonds is 5. The van der Waals surface area contributed by atoms with Gasteiger partial charge in [0.15, 0.2) is 0 Å². The molecule has 0 aliphatic carbocycles. The van der Waals surface area contributed by atoms with Crippen molar-refractivity contribution in [2.24, 2.45) is 7.05 Å². The van der Waals surface area contributed by atoms with Gasteiger partial charge in [0.05, 0.1) is 5.69 Å². The van der Waals surface area contributed by atoms with Crippen molar-refractivity contribution >= 4 is 5.91 Å². The quantitative estimate of drug-likeness (QED) is 0.869. The molecule has 1 amide bonds. The van der Waals surface area contributed by atoms with Gasteiger partial charge >= 0.3 is 0 Å². The molecule has 5 heteroatoms. The molecule has 1 atom stereocenters. The van der Waals surface area contributed by atoms with Crippen LogP contribution in [-0.2, 0) is 13.6 Å². The van der Waals surface area contributed by atoms with E-state index >= 15 is 0 Å². The van der Waals surface area contributed by atoms with Crippen LogP contribution in [0.5, 0.6) is 0 Å². The summed E-state index contributed by atoms with van der Waals surface area (Å²) in [6.07, 6.45) is 1.80. The largest absolute Gasteiger partial charge is 0.355 e. The third-order valence-corrected chi connectivity index (χ3v) is 3.36. The molecular weight excluding hydrogens is 252 g/mol. The molecule has 1 heterocycles. The molecule has 0 radical (unpaired) electrons. The lowest BCUT2D eigenvalue weighted by molar-refractivity contribution is 0.0963. The van der Waals surface area contributed by atoms with Crippen molar-refractivity contribution in [1.82, 2.24) is 20.4 Å². The molecule has 106 valence electrons. The molecule has 0 aliphatic heterocycles. The Balaban J connectivity index is 1.94. The number of nitrogens with one attached hydrogen (secondary N) is 2. The van der Waals surface area contributed by atoms with E-state index in [0.717, 1.165) is 17.8 Å². The minimum atomic E-state index is -0.0623. The number of amides is 1. The number of benzene rings is 1.